The minimum absolute atomic E-state index is 0.840. The Hall–Kier alpha value is -0.910. The fourth-order valence-electron chi connectivity index (χ4n) is 1.94. The van der Waals surface area contributed by atoms with Gasteiger partial charge in [-0.2, -0.15) is 11.3 Å². The number of pyridine rings is 1. The number of hydrogen-bond donors (Lipinski definition) is 1. The van der Waals surface area contributed by atoms with Crippen LogP contribution in [-0.4, -0.2) is 18.6 Å². The quantitative estimate of drug-likeness (QED) is 0.870. The van der Waals surface area contributed by atoms with E-state index in [2.05, 4.69) is 68.0 Å². The number of nitrogens with one attached hydrogen (secondary N) is 1. The van der Waals surface area contributed by atoms with Gasteiger partial charge in [0, 0.05) is 36.4 Å². The summed E-state index contributed by atoms with van der Waals surface area (Å²) < 4.78 is 1.02. The highest BCUT2D eigenvalue weighted by Gasteiger charge is 2.10. The van der Waals surface area contributed by atoms with Gasteiger partial charge in [0.15, 0.2) is 0 Å². The summed E-state index contributed by atoms with van der Waals surface area (Å²) >= 11 is 5.22. The summed E-state index contributed by atoms with van der Waals surface area (Å²) in [5.74, 6) is 1.04. The first-order chi connectivity index (χ1) is 9.20. The molecular weight excluding hydrogens is 322 g/mol. The summed E-state index contributed by atoms with van der Waals surface area (Å²) in [6.07, 6.45) is 1.86. The van der Waals surface area contributed by atoms with E-state index in [9.17, 15) is 0 Å². The van der Waals surface area contributed by atoms with Gasteiger partial charge in [-0.15, -0.1) is 0 Å². The zero-order valence-corrected chi connectivity index (χ0v) is 13.6. The lowest BCUT2D eigenvalue weighted by molar-refractivity contribution is 0.719. The molecule has 3 nitrogen and oxygen atoms in total. The fraction of sp³-hybridized carbons (Fsp3) is 0.357. The lowest BCUT2D eigenvalue weighted by Crippen LogP contribution is -2.21. The minimum Gasteiger partial charge on any atom is -0.355 e. The van der Waals surface area contributed by atoms with Crippen molar-refractivity contribution in [2.24, 2.45) is 0 Å². The molecule has 1 N–H and O–H groups in total. The molecule has 0 aliphatic heterocycles. The molecule has 0 spiro atoms. The molecule has 0 aliphatic rings. The number of aromatic nitrogens is 1. The smallest absolute Gasteiger partial charge is 0.133 e. The highest BCUT2D eigenvalue weighted by atomic mass is 79.9. The van der Waals surface area contributed by atoms with Crippen molar-refractivity contribution in [2.45, 2.75) is 20.0 Å². The van der Waals surface area contributed by atoms with Crippen LogP contribution in [0.2, 0.25) is 0 Å². The van der Waals surface area contributed by atoms with Gasteiger partial charge in [0.1, 0.15) is 5.82 Å². The lowest BCUT2D eigenvalue weighted by Gasteiger charge is -2.21. The second-order valence-corrected chi connectivity index (χ2v) is 6.10. The number of nitrogens with zero attached hydrogens (tertiary/aromatic N) is 2. The first-order valence-electron chi connectivity index (χ1n) is 6.28. The topological polar surface area (TPSA) is 28.2 Å². The van der Waals surface area contributed by atoms with Crippen LogP contribution in [0.5, 0.6) is 0 Å². The SMILES string of the molecule is CCNCc1cc(Br)cnc1N(C)Cc1ccsc1. The molecule has 0 atom stereocenters. The van der Waals surface area contributed by atoms with Crippen LogP contribution in [0, 0.1) is 0 Å². The van der Waals surface area contributed by atoms with Gasteiger partial charge in [0.2, 0.25) is 0 Å². The maximum atomic E-state index is 4.55. The molecule has 0 aliphatic carbocycles. The summed E-state index contributed by atoms with van der Waals surface area (Å²) in [5, 5.41) is 7.65. The fourth-order valence-corrected chi connectivity index (χ4v) is 2.98. The van der Waals surface area contributed by atoms with Crippen LogP contribution in [0.3, 0.4) is 0 Å². The third-order valence-corrected chi connectivity index (χ3v) is 4.00. The van der Waals surface area contributed by atoms with Crippen molar-refractivity contribution in [1.29, 1.82) is 0 Å². The van der Waals surface area contributed by atoms with Crippen molar-refractivity contribution < 1.29 is 0 Å². The van der Waals surface area contributed by atoms with Crippen molar-refractivity contribution in [3.05, 3.63) is 44.7 Å². The van der Waals surface area contributed by atoms with E-state index in [1.165, 1.54) is 11.1 Å². The average Bonchev–Trinajstić information content (AvgIpc) is 2.89. The predicted octanol–water partition coefficient (Wildman–Crippen LogP) is 3.65. The predicted molar refractivity (Wildman–Crippen MR) is 85.7 cm³/mol. The third kappa shape index (κ3) is 4.03. The van der Waals surface area contributed by atoms with Gasteiger partial charge in [-0.25, -0.2) is 4.98 Å². The molecule has 0 saturated carbocycles. The highest BCUT2D eigenvalue weighted by molar-refractivity contribution is 9.10. The zero-order valence-electron chi connectivity index (χ0n) is 11.2. The van der Waals surface area contributed by atoms with E-state index in [1.807, 2.05) is 6.20 Å². The zero-order chi connectivity index (χ0) is 13.7. The van der Waals surface area contributed by atoms with Crippen LogP contribution in [0.1, 0.15) is 18.1 Å². The number of hydrogen-bond acceptors (Lipinski definition) is 4. The van der Waals surface area contributed by atoms with Gasteiger partial charge in [-0.05, 0) is 50.9 Å². The van der Waals surface area contributed by atoms with E-state index in [-0.39, 0.29) is 0 Å². The number of halogens is 1. The van der Waals surface area contributed by atoms with Crippen LogP contribution in [0.15, 0.2) is 33.6 Å². The molecule has 0 unspecified atom stereocenters. The van der Waals surface area contributed by atoms with Gasteiger partial charge in [-0.3, -0.25) is 0 Å². The van der Waals surface area contributed by atoms with Crippen molar-refractivity contribution in [3.8, 4) is 0 Å². The molecule has 0 amide bonds. The van der Waals surface area contributed by atoms with Crippen LogP contribution in [0.25, 0.3) is 0 Å². The molecule has 0 aromatic carbocycles. The summed E-state index contributed by atoms with van der Waals surface area (Å²) in [6.45, 7) is 4.80. The molecule has 0 fully saturated rings. The maximum Gasteiger partial charge on any atom is 0.133 e. The van der Waals surface area contributed by atoms with Crippen LogP contribution in [-0.2, 0) is 13.1 Å². The van der Waals surface area contributed by atoms with Crippen molar-refractivity contribution in [2.75, 3.05) is 18.5 Å². The first kappa shape index (κ1) is 14.5. The van der Waals surface area contributed by atoms with Crippen LogP contribution >= 0.6 is 27.3 Å². The van der Waals surface area contributed by atoms with E-state index in [0.29, 0.717) is 0 Å². The Morgan fingerprint density at radius 2 is 2.32 bits per heavy atom. The summed E-state index contributed by atoms with van der Waals surface area (Å²) in [6, 6.07) is 4.29. The molecule has 2 rings (SSSR count). The Kier molecular flexibility index (Phi) is 5.36. The van der Waals surface area contributed by atoms with Gasteiger partial charge >= 0.3 is 0 Å². The van der Waals surface area contributed by atoms with Crippen LogP contribution < -0.4 is 10.2 Å². The molecule has 102 valence electrons. The minimum atomic E-state index is 0.840. The summed E-state index contributed by atoms with van der Waals surface area (Å²) in [5.41, 5.74) is 2.54. The van der Waals surface area contributed by atoms with Crippen molar-refractivity contribution in [3.63, 3.8) is 0 Å². The highest BCUT2D eigenvalue weighted by Crippen LogP contribution is 2.22. The standard InChI is InChI=1S/C14H18BrN3S/c1-3-16-7-12-6-13(15)8-17-14(12)18(2)9-11-4-5-19-10-11/h4-6,8,10,16H,3,7,9H2,1-2H3. The van der Waals surface area contributed by atoms with E-state index < -0.39 is 0 Å². The monoisotopic (exact) mass is 339 g/mol. The normalized spacial score (nSPS) is 10.7. The molecule has 2 heterocycles. The Bertz CT molecular complexity index is 513. The molecule has 0 saturated heterocycles. The third-order valence-electron chi connectivity index (χ3n) is 2.84. The average molecular weight is 340 g/mol. The molecule has 2 aromatic heterocycles. The Labute approximate surface area is 126 Å². The number of anilines is 1. The second-order valence-electron chi connectivity index (χ2n) is 4.40. The van der Waals surface area contributed by atoms with Gasteiger partial charge in [0.05, 0.1) is 0 Å². The maximum absolute atomic E-state index is 4.55. The Balaban J connectivity index is 2.17. The summed E-state index contributed by atoms with van der Waals surface area (Å²) in [4.78, 5) is 6.75. The van der Waals surface area contributed by atoms with E-state index in [1.54, 1.807) is 11.3 Å². The Morgan fingerprint density at radius 1 is 1.47 bits per heavy atom. The number of rotatable bonds is 6. The molecule has 5 heteroatoms. The van der Waals surface area contributed by atoms with E-state index in [0.717, 1.165) is 29.9 Å². The molecular formula is C14H18BrN3S. The summed E-state index contributed by atoms with van der Waals surface area (Å²) in [7, 11) is 2.09. The first-order valence-corrected chi connectivity index (χ1v) is 8.01. The van der Waals surface area contributed by atoms with E-state index >= 15 is 0 Å². The second kappa shape index (κ2) is 7.03. The van der Waals surface area contributed by atoms with Crippen molar-refractivity contribution in [1.82, 2.24) is 10.3 Å². The molecule has 0 bridgehead atoms. The molecule has 19 heavy (non-hydrogen) atoms. The van der Waals surface area contributed by atoms with Gasteiger partial charge < -0.3 is 10.2 Å². The van der Waals surface area contributed by atoms with E-state index in [4.69, 9.17) is 0 Å². The van der Waals surface area contributed by atoms with Crippen molar-refractivity contribution >= 4 is 33.1 Å². The van der Waals surface area contributed by atoms with Gasteiger partial charge in [-0.1, -0.05) is 6.92 Å². The molecule has 0 radical (unpaired) electrons. The lowest BCUT2D eigenvalue weighted by atomic mass is 10.2. The molecule has 2 aromatic rings. The van der Waals surface area contributed by atoms with Gasteiger partial charge in [0.25, 0.3) is 0 Å². The number of thiophene rings is 1. The Morgan fingerprint density at radius 3 is 3.00 bits per heavy atom. The van der Waals surface area contributed by atoms with Crippen LogP contribution in [0.4, 0.5) is 5.82 Å². The largest absolute Gasteiger partial charge is 0.355 e.